The Morgan fingerprint density at radius 2 is 1.84 bits per heavy atom. The molecule has 0 aromatic heterocycles. The third-order valence-corrected chi connectivity index (χ3v) is 4.18. The van der Waals surface area contributed by atoms with Gasteiger partial charge in [-0.2, -0.15) is 0 Å². The van der Waals surface area contributed by atoms with Gasteiger partial charge in [0.05, 0.1) is 19.6 Å². The van der Waals surface area contributed by atoms with Crippen molar-refractivity contribution in [2.45, 2.75) is 38.6 Å². The van der Waals surface area contributed by atoms with Crippen molar-refractivity contribution in [3.05, 3.63) is 35.9 Å². The maximum Gasteiger partial charge on any atom is 0.328 e. The van der Waals surface area contributed by atoms with E-state index in [0.29, 0.717) is 6.61 Å². The number of ether oxygens (including phenoxy) is 1. The second-order valence-electron chi connectivity index (χ2n) is 6.18. The second-order valence-corrected chi connectivity index (χ2v) is 8.94. The molecule has 1 N–H and O–H groups in total. The molecular formula is C18H28NO5P. The zero-order valence-electron chi connectivity index (χ0n) is 15.2. The lowest BCUT2D eigenvalue weighted by Gasteiger charge is -2.18. The van der Waals surface area contributed by atoms with Crippen molar-refractivity contribution in [1.82, 2.24) is 5.32 Å². The van der Waals surface area contributed by atoms with Crippen LogP contribution in [0.1, 0.15) is 31.7 Å². The number of unbranched alkanes of at least 4 members (excludes halogenated alkanes) is 1. The van der Waals surface area contributed by atoms with E-state index in [-0.39, 0.29) is 25.4 Å². The van der Waals surface area contributed by atoms with Crippen LogP contribution in [0.2, 0.25) is 0 Å². The summed E-state index contributed by atoms with van der Waals surface area (Å²) in [5.41, 5.74) is 0.862. The van der Waals surface area contributed by atoms with Crippen molar-refractivity contribution >= 4 is 19.2 Å². The first kappa shape index (κ1) is 21.4. The van der Waals surface area contributed by atoms with Gasteiger partial charge < -0.3 is 14.6 Å². The molecule has 0 aliphatic rings. The number of esters is 1. The summed E-state index contributed by atoms with van der Waals surface area (Å²) in [5, 5.41) is 2.70. The molecule has 0 saturated heterocycles. The first-order valence-corrected chi connectivity index (χ1v) is 11.0. The maximum atomic E-state index is 12.2. The number of nitrogens with one attached hydrogen (secondary N) is 1. The second kappa shape index (κ2) is 11.1. The van der Waals surface area contributed by atoms with Crippen molar-refractivity contribution in [1.29, 1.82) is 0 Å². The number of benzene rings is 1. The van der Waals surface area contributed by atoms with Gasteiger partial charge in [-0.05, 0) is 12.0 Å². The molecule has 0 aliphatic carbocycles. The van der Waals surface area contributed by atoms with Crippen LogP contribution >= 0.6 is 7.37 Å². The molecule has 6 nitrogen and oxygen atoms in total. The first-order valence-electron chi connectivity index (χ1n) is 8.51. The SMILES string of the molecule is CCCCOC(=O)C(CCOP(C)(C)=O)NC(=O)Cc1ccccc1. The predicted molar refractivity (Wildman–Crippen MR) is 98.0 cm³/mol. The molecule has 140 valence electrons. The molecule has 0 aliphatic heterocycles. The monoisotopic (exact) mass is 369 g/mol. The zero-order chi connectivity index (χ0) is 18.7. The summed E-state index contributed by atoms with van der Waals surface area (Å²) in [6.07, 6.45) is 2.08. The largest absolute Gasteiger partial charge is 0.464 e. The van der Waals surface area contributed by atoms with E-state index in [1.54, 1.807) is 0 Å². The first-order chi connectivity index (χ1) is 11.8. The summed E-state index contributed by atoms with van der Waals surface area (Å²) in [5.74, 6) is -0.750. The minimum absolute atomic E-state index is 0.115. The van der Waals surface area contributed by atoms with Gasteiger partial charge in [-0.3, -0.25) is 9.36 Å². The van der Waals surface area contributed by atoms with Crippen LogP contribution in [-0.4, -0.2) is 44.5 Å². The topological polar surface area (TPSA) is 81.7 Å². The maximum absolute atomic E-state index is 12.2. The molecule has 0 radical (unpaired) electrons. The van der Waals surface area contributed by atoms with E-state index < -0.39 is 19.4 Å². The number of hydrogen-bond acceptors (Lipinski definition) is 5. The van der Waals surface area contributed by atoms with Crippen molar-refractivity contribution < 1.29 is 23.4 Å². The molecule has 7 heteroatoms. The minimum Gasteiger partial charge on any atom is -0.464 e. The predicted octanol–water partition coefficient (Wildman–Crippen LogP) is 3.00. The van der Waals surface area contributed by atoms with E-state index >= 15 is 0 Å². The van der Waals surface area contributed by atoms with E-state index in [4.69, 9.17) is 9.26 Å². The van der Waals surface area contributed by atoms with Crippen molar-refractivity contribution in [2.75, 3.05) is 26.5 Å². The summed E-state index contributed by atoms with van der Waals surface area (Å²) in [6.45, 7) is 5.46. The summed E-state index contributed by atoms with van der Waals surface area (Å²) in [4.78, 5) is 24.4. The third-order valence-electron chi connectivity index (χ3n) is 3.38. The number of hydrogen-bond donors (Lipinski definition) is 1. The van der Waals surface area contributed by atoms with Gasteiger partial charge in [-0.25, -0.2) is 4.79 Å². The molecule has 0 bridgehead atoms. The highest BCUT2D eigenvalue weighted by atomic mass is 31.2. The number of rotatable bonds is 11. The summed E-state index contributed by atoms with van der Waals surface area (Å²) in [7, 11) is -2.63. The Kier molecular flexibility index (Phi) is 9.46. The molecule has 1 unspecified atom stereocenters. The standard InChI is InChI=1S/C18H28NO5P/c1-4-5-12-23-18(21)16(11-13-24-25(2,3)22)19-17(20)14-15-9-7-6-8-10-15/h6-10,16H,4-5,11-14H2,1-3H3,(H,19,20). The summed E-state index contributed by atoms with van der Waals surface area (Å²) >= 11 is 0. The Morgan fingerprint density at radius 1 is 1.16 bits per heavy atom. The zero-order valence-corrected chi connectivity index (χ0v) is 16.1. The number of carbonyl (C=O) groups excluding carboxylic acids is 2. The smallest absolute Gasteiger partial charge is 0.328 e. The molecule has 1 aromatic carbocycles. The van der Waals surface area contributed by atoms with E-state index in [1.165, 1.54) is 13.3 Å². The lowest BCUT2D eigenvalue weighted by atomic mass is 10.1. The van der Waals surface area contributed by atoms with Gasteiger partial charge in [-0.1, -0.05) is 43.7 Å². The fourth-order valence-electron chi connectivity index (χ4n) is 2.08. The highest BCUT2D eigenvalue weighted by Gasteiger charge is 2.23. The molecule has 1 aromatic rings. The van der Waals surface area contributed by atoms with Crippen LogP contribution in [0.4, 0.5) is 0 Å². The van der Waals surface area contributed by atoms with E-state index in [1.807, 2.05) is 37.3 Å². The van der Waals surface area contributed by atoms with Crippen molar-refractivity contribution in [3.63, 3.8) is 0 Å². The van der Waals surface area contributed by atoms with Crippen LogP contribution in [0.5, 0.6) is 0 Å². The third kappa shape index (κ3) is 10.0. The van der Waals surface area contributed by atoms with Crippen molar-refractivity contribution in [2.24, 2.45) is 0 Å². The molecule has 0 fully saturated rings. The minimum atomic E-state index is -2.63. The Hall–Kier alpha value is -1.65. The van der Waals surface area contributed by atoms with Crippen LogP contribution in [0.25, 0.3) is 0 Å². The van der Waals surface area contributed by atoms with Gasteiger partial charge in [0, 0.05) is 19.8 Å². The van der Waals surface area contributed by atoms with Gasteiger partial charge in [0.1, 0.15) is 6.04 Å². The van der Waals surface area contributed by atoms with Gasteiger partial charge in [0.15, 0.2) is 7.37 Å². The molecule has 1 atom stereocenters. The lowest BCUT2D eigenvalue weighted by Crippen LogP contribution is -2.43. The van der Waals surface area contributed by atoms with Crippen LogP contribution < -0.4 is 5.32 Å². The fraction of sp³-hybridized carbons (Fsp3) is 0.556. The normalized spacial score (nSPS) is 12.4. The average molecular weight is 369 g/mol. The van der Waals surface area contributed by atoms with E-state index in [9.17, 15) is 14.2 Å². The quantitative estimate of drug-likeness (QED) is 0.368. The van der Waals surface area contributed by atoms with E-state index in [0.717, 1.165) is 18.4 Å². The Bertz CT molecular complexity index is 584. The lowest BCUT2D eigenvalue weighted by molar-refractivity contribution is -0.148. The van der Waals surface area contributed by atoms with E-state index in [2.05, 4.69) is 5.32 Å². The van der Waals surface area contributed by atoms with Gasteiger partial charge in [0.2, 0.25) is 5.91 Å². The molecule has 1 amide bonds. The number of amides is 1. The fourth-order valence-corrected chi connectivity index (χ4v) is 2.63. The van der Waals surface area contributed by atoms with Gasteiger partial charge >= 0.3 is 5.97 Å². The molecule has 0 heterocycles. The molecule has 25 heavy (non-hydrogen) atoms. The average Bonchev–Trinajstić information content (AvgIpc) is 2.54. The van der Waals surface area contributed by atoms with Gasteiger partial charge in [-0.15, -0.1) is 0 Å². The summed E-state index contributed by atoms with van der Waals surface area (Å²) < 4.78 is 22.0. The van der Waals surface area contributed by atoms with Gasteiger partial charge in [0.25, 0.3) is 0 Å². The number of carbonyl (C=O) groups is 2. The molecule has 0 saturated carbocycles. The van der Waals surface area contributed by atoms with Crippen molar-refractivity contribution in [3.8, 4) is 0 Å². The van der Waals surface area contributed by atoms with Crippen LogP contribution in [0.3, 0.4) is 0 Å². The molecule has 1 rings (SSSR count). The summed E-state index contributed by atoms with van der Waals surface area (Å²) in [6, 6.07) is 8.48. The highest BCUT2D eigenvalue weighted by molar-refractivity contribution is 7.57. The van der Waals surface area contributed by atoms with Crippen LogP contribution in [-0.2, 0) is 29.8 Å². The Balaban J connectivity index is 2.60. The highest BCUT2D eigenvalue weighted by Crippen LogP contribution is 2.37. The Labute approximate surface area is 149 Å². The Morgan fingerprint density at radius 3 is 2.44 bits per heavy atom. The van der Waals surface area contributed by atoms with Crippen LogP contribution in [0.15, 0.2) is 30.3 Å². The van der Waals surface area contributed by atoms with Crippen LogP contribution in [0, 0.1) is 0 Å². The molecule has 0 spiro atoms. The molecular weight excluding hydrogens is 341 g/mol.